The Morgan fingerprint density at radius 1 is 1.00 bits per heavy atom. The Balaban J connectivity index is 1.44. The average Bonchev–Trinajstić information content (AvgIpc) is 3.58. The number of thioether (sulfide) groups is 1. The highest BCUT2D eigenvalue weighted by Gasteiger charge is 2.47. The number of hydrogen-bond acceptors (Lipinski definition) is 9. The van der Waals surface area contributed by atoms with Crippen molar-refractivity contribution in [2.24, 2.45) is 0 Å². The molecule has 6 rings (SSSR count). The number of methoxy groups -OCH3 is 3. The summed E-state index contributed by atoms with van der Waals surface area (Å²) >= 11 is 8.19. The van der Waals surface area contributed by atoms with E-state index in [0.717, 1.165) is 57.3 Å². The maximum absolute atomic E-state index is 13.2. The number of carbonyl (C=O) groups is 1. The van der Waals surface area contributed by atoms with Crippen molar-refractivity contribution in [3.8, 4) is 28.7 Å². The Morgan fingerprint density at radius 2 is 1.77 bits per heavy atom. The van der Waals surface area contributed by atoms with Gasteiger partial charge in [-0.3, -0.25) is 4.90 Å². The van der Waals surface area contributed by atoms with E-state index in [1.54, 1.807) is 26.0 Å². The fraction of sp³-hybridized carbons (Fsp3) is 0.367. The first kappa shape index (κ1) is 26.9. The number of esters is 1. The third-order valence-corrected chi connectivity index (χ3v) is 9.16. The molecule has 0 amide bonds. The van der Waals surface area contributed by atoms with E-state index in [9.17, 15) is 4.79 Å². The third-order valence-electron chi connectivity index (χ3n) is 7.79. The number of nitrogens with zero attached hydrogens (tertiary/aromatic N) is 1. The third kappa shape index (κ3) is 4.31. The summed E-state index contributed by atoms with van der Waals surface area (Å²) in [5, 5.41) is 0.757. The molecule has 2 atom stereocenters. The summed E-state index contributed by atoms with van der Waals surface area (Å²) in [6.45, 7) is 0.884. The van der Waals surface area contributed by atoms with Crippen LogP contribution in [0, 0.1) is 0 Å². The molecule has 3 aliphatic heterocycles. The van der Waals surface area contributed by atoms with Gasteiger partial charge in [-0.2, -0.15) is 11.8 Å². The van der Waals surface area contributed by atoms with E-state index in [1.165, 1.54) is 7.11 Å². The summed E-state index contributed by atoms with van der Waals surface area (Å²) in [6, 6.07) is 11.3. The van der Waals surface area contributed by atoms with Crippen molar-refractivity contribution in [2.45, 2.75) is 30.1 Å². The molecule has 3 heterocycles. The first-order valence-electron chi connectivity index (χ1n) is 13.0. The van der Waals surface area contributed by atoms with Crippen molar-refractivity contribution in [1.29, 1.82) is 0 Å². The standard InChI is InChI=1S/C30H30ClNO7S/c1-32-12-11-17-19(14-40-13-16-7-5-6-8-20(16)31)26-29(38-15-37-26)28(36-4)22(17)24(32)25-18-9-10-21(34-2)27(35-3)23(18)30(33)39-25/h5-10,24-25H,11-15H2,1-4H3/t24-,25+/m1/s1. The molecule has 0 unspecified atom stereocenters. The predicted molar refractivity (Wildman–Crippen MR) is 152 cm³/mol. The lowest BCUT2D eigenvalue weighted by Gasteiger charge is -2.39. The molecule has 0 aromatic heterocycles. The van der Waals surface area contributed by atoms with Crippen molar-refractivity contribution in [1.82, 2.24) is 4.90 Å². The lowest BCUT2D eigenvalue weighted by Crippen LogP contribution is -2.37. The SMILES string of the molecule is COc1ccc2c(c1OC)C(=O)O[C@@H]2[C@H]1c2c(c(CSCc3ccccc3Cl)c3c(c2OC)OCO3)CCN1C. The van der Waals surface area contributed by atoms with Gasteiger partial charge in [0.1, 0.15) is 11.7 Å². The highest BCUT2D eigenvalue weighted by molar-refractivity contribution is 7.97. The quantitative estimate of drug-likeness (QED) is 0.298. The van der Waals surface area contributed by atoms with Gasteiger partial charge in [-0.1, -0.05) is 35.9 Å². The lowest BCUT2D eigenvalue weighted by molar-refractivity contribution is 0.00870. The van der Waals surface area contributed by atoms with Gasteiger partial charge in [0.25, 0.3) is 0 Å². The summed E-state index contributed by atoms with van der Waals surface area (Å²) in [5.41, 5.74) is 5.40. The highest BCUT2D eigenvalue weighted by Crippen LogP contribution is 2.57. The number of fused-ring (bicyclic) bond motifs is 3. The van der Waals surface area contributed by atoms with E-state index in [0.29, 0.717) is 34.3 Å². The number of hydrogen-bond donors (Lipinski definition) is 0. The number of ether oxygens (including phenoxy) is 6. The van der Waals surface area contributed by atoms with Crippen molar-refractivity contribution in [2.75, 3.05) is 41.7 Å². The minimum atomic E-state index is -0.579. The molecule has 0 N–H and O–H groups in total. The Bertz CT molecular complexity index is 1480. The van der Waals surface area contributed by atoms with Crippen LogP contribution in [0.25, 0.3) is 0 Å². The molecule has 3 aliphatic rings. The molecule has 0 aliphatic carbocycles. The molecule has 0 saturated heterocycles. The summed E-state index contributed by atoms with van der Waals surface area (Å²) in [7, 11) is 6.75. The fourth-order valence-corrected chi connectivity index (χ4v) is 7.32. The largest absolute Gasteiger partial charge is 0.493 e. The van der Waals surface area contributed by atoms with Crippen LogP contribution < -0.4 is 23.7 Å². The first-order chi connectivity index (χ1) is 19.5. The van der Waals surface area contributed by atoms with Gasteiger partial charge >= 0.3 is 5.97 Å². The molecule has 3 aromatic rings. The molecule has 0 bridgehead atoms. The van der Waals surface area contributed by atoms with Gasteiger partial charge in [-0.25, -0.2) is 4.79 Å². The number of benzene rings is 3. The van der Waals surface area contributed by atoms with Gasteiger partial charge in [0.2, 0.25) is 12.5 Å². The van der Waals surface area contributed by atoms with Gasteiger partial charge in [0.05, 0.1) is 27.4 Å². The molecule has 40 heavy (non-hydrogen) atoms. The van der Waals surface area contributed by atoms with Crippen LogP contribution in [0.15, 0.2) is 36.4 Å². The number of likely N-dealkylation sites (N-methyl/N-ethyl adjacent to an activating group) is 1. The fourth-order valence-electron chi connectivity index (χ4n) is 5.95. The normalized spacial score (nSPS) is 19.2. The van der Waals surface area contributed by atoms with Gasteiger partial charge in [-0.05, 0) is 36.7 Å². The molecule has 210 valence electrons. The Kier molecular flexibility index (Phi) is 7.37. The van der Waals surface area contributed by atoms with Crippen LogP contribution in [0.1, 0.15) is 50.3 Å². The first-order valence-corrected chi connectivity index (χ1v) is 14.5. The Hall–Kier alpha value is -3.27. The molecule has 3 aromatic carbocycles. The van der Waals surface area contributed by atoms with Crippen molar-refractivity contribution in [3.05, 3.63) is 74.8 Å². The molecular weight excluding hydrogens is 554 g/mol. The molecule has 0 spiro atoms. The van der Waals surface area contributed by atoms with Crippen LogP contribution in [0.2, 0.25) is 5.02 Å². The predicted octanol–water partition coefficient (Wildman–Crippen LogP) is 5.97. The minimum absolute atomic E-state index is 0.121. The summed E-state index contributed by atoms with van der Waals surface area (Å²) in [6.07, 6.45) is 0.209. The van der Waals surface area contributed by atoms with Crippen molar-refractivity contribution < 1.29 is 33.2 Å². The average molecular weight is 584 g/mol. The summed E-state index contributed by atoms with van der Waals surface area (Å²) in [5.74, 6) is 3.80. The second-order valence-corrected chi connectivity index (χ2v) is 11.2. The number of cyclic esters (lactones) is 1. The topological polar surface area (TPSA) is 75.7 Å². The van der Waals surface area contributed by atoms with E-state index >= 15 is 0 Å². The van der Waals surface area contributed by atoms with E-state index in [-0.39, 0.29) is 12.8 Å². The molecular formula is C30H30ClNO7S. The zero-order valence-electron chi connectivity index (χ0n) is 22.7. The monoisotopic (exact) mass is 583 g/mol. The number of rotatable bonds is 8. The maximum Gasteiger partial charge on any atom is 0.343 e. The molecule has 0 fully saturated rings. The lowest BCUT2D eigenvalue weighted by atomic mass is 9.83. The van der Waals surface area contributed by atoms with Gasteiger partial charge in [0.15, 0.2) is 23.0 Å². The second-order valence-electron chi connectivity index (χ2n) is 9.82. The smallest absolute Gasteiger partial charge is 0.343 e. The highest BCUT2D eigenvalue weighted by atomic mass is 35.5. The summed E-state index contributed by atoms with van der Waals surface area (Å²) < 4.78 is 35.1. The van der Waals surface area contributed by atoms with Crippen LogP contribution in [-0.4, -0.2) is 52.6 Å². The van der Waals surface area contributed by atoms with E-state index < -0.39 is 12.1 Å². The zero-order valence-corrected chi connectivity index (χ0v) is 24.3. The van der Waals surface area contributed by atoms with Crippen LogP contribution in [0.5, 0.6) is 28.7 Å². The zero-order chi connectivity index (χ0) is 28.0. The maximum atomic E-state index is 13.2. The van der Waals surface area contributed by atoms with E-state index in [2.05, 4.69) is 4.90 Å². The minimum Gasteiger partial charge on any atom is -0.493 e. The van der Waals surface area contributed by atoms with Crippen LogP contribution >= 0.6 is 23.4 Å². The summed E-state index contributed by atoms with van der Waals surface area (Å²) in [4.78, 5) is 15.4. The Labute approximate surface area is 242 Å². The molecule has 10 heteroatoms. The second kappa shape index (κ2) is 11.0. The van der Waals surface area contributed by atoms with Crippen molar-refractivity contribution in [3.63, 3.8) is 0 Å². The van der Waals surface area contributed by atoms with Crippen LogP contribution in [0.3, 0.4) is 0 Å². The Morgan fingerprint density at radius 3 is 2.52 bits per heavy atom. The molecule has 8 nitrogen and oxygen atoms in total. The van der Waals surface area contributed by atoms with Gasteiger partial charge < -0.3 is 28.4 Å². The van der Waals surface area contributed by atoms with Crippen LogP contribution in [0.4, 0.5) is 0 Å². The van der Waals surface area contributed by atoms with Crippen molar-refractivity contribution >= 4 is 29.3 Å². The van der Waals surface area contributed by atoms with Crippen LogP contribution in [-0.2, 0) is 22.7 Å². The number of halogens is 1. The number of carbonyl (C=O) groups excluding carboxylic acids is 1. The van der Waals surface area contributed by atoms with E-state index in [4.69, 9.17) is 40.0 Å². The molecule has 0 radical (unpaired) electrons. The van der Waals surface area contributed by atoms with Gasteiger partial charge in [-0.15, -0.1) is 0 Å². The van der Waals surface area contributed by atoms with E-state index in [1.807, 2.05) is 43.4 Å². The van der Waals surface area contributed by atoms with Gasteiger partial charge in [0, 0.05) is 39.8 Å². The molecule has 0 saturated carbocycles.